The zero-order chi connectivity index (χ0) is 21.2. The molecule has 9 heteroatoms. The van der Waals surface area contributed by atoms with Gasteiger partial charge in [-0.2, -0.15) is 0 Å². The number of amides is 3. The van der Waals surface area contributed by atoms with Gasteiger partial charge < -0.3 is 5.32 Å². The first kappa shape index (κ1) is 22.0. The molecule has 0 spiro atoms. The summed E-state index contributed by atoms with van der Waals surface area (Å²) in [6.07, 6.45) is 2.20. The average Bonchev–Trinajstić information content (AvgIpc) is 2.71. The molecular formula is C20H21FN4O3S. The van der Waals surface area contributed by atoms with E-state index < -0.39 is 17.6 Å². The van der Waals surface area contributed by atoms with E-state index in [9.17, 15) is 18.8 Å². The number of rotatable bonds is 6. The summed E-state index contributed by atoms with van der Waals surface area (Å²) in [5, 5.41) is 5.00. The van der Waals surface area contributed by atoms with Crippen LogP contribution in [0.3, 0.4) is 0 Å². The molecule has 7 nitrogen and oxygen atoms in total. The minimum atomic E-state index is -0.542. The van der Waals surface area contributed by atoms with E-state index in [2.05, 4.69) is 21.5 Å². The molecule has 0 unspecified atom stereocenters. The molecule has 4 N–H and O–H groups in total. The topological polar surface area (TPSA) is 99.3 Å². The lowest BCUT2D eigenvalue weighted by Gasteiger charge is -2.11. The maximum absolute atomic E-state index is 12.9. The van der Waals surface area contributed by atoms with Crippen LogP contribution in [0.15, 0.2) is 48.5 Å². The second-order valence-electron chi connectivity index (χ2n) is 6.10. The zero-order valence-corrected chi connectivity index (χ0v) is 16.6. The molecule has 0 saturated carbocycles. The second-order valence-corrected chi connectivity index (χ2v) is 6.51. The highest BCUT2D eigenvalue weighted by atomic mass is 32.1. The molecule has 0 bridgehead atoms. The number of carbonyl (C=O) groups is 3. The molecule has 0 aliphatic carbocycles. The van der Waals surface area contributed by atoms with Gasteiger partial charge in [0, 0.05) is 23.2 Å². The third kappa shape index (κ3) is 7.30. The monoisotopic (exact) mass is 416 g/mol. The smallest absolute Gasteiger partial charge is 0.269 e. The van der Waals surface area contributed by atoms with Crippen molar-refractivity contribution >= 4 is 40.7 Å². The molecule has 29 heavy (non-hydrogen) atoms. The van der Waals surface area contributed by atoms with Crippen LogP contribution in [0.2, 0.25) is 0 Å². The third-order valence-electron chi connectivity index (χ3n) is 3.81. The predicted molar refractivity (Wildman–Crippen MR) is 112 cm³/mol. The van der Waals surface area contributed by atoms with E-state index in [4.69, 9.17) is 12.2 Å². The van der Waals surface area contributed by atoms with Crippen LogP contribution < -0.4 is 21.5 Å². The highest BCUT2D eigenvalue weighted by molar-refractivity contribution is 7.80. The van der Waals surface area contributed by atoms with Crippen LogP contribution in [0.5, 0.6) is 0 Å². The molecule has 3 amide bonds. The molecule has 0 fully saturated rings. The number of carbonyl (C=O) groups excluding carboxylic acids is 3. The van der Waals surface area contributed by atoms with Gasteiger partial charge in [0.05, 0.1) is 0 Å². The summed E-state index contributed by atoms with van der Waals surface area (Å²) >= 11 is 4.95. The fourth-order valence-corrected chi connectivity index (χ4v) is 2.40. The van der Waals surface area contributed by atoms with Gasteiger partial charge in [0.1, 0.15) is 5.82 Å². The Morgan fingerprint density at radius 1 is 0.897 bits per heavy atom. The highest BCUT2D eigenvalue weighted by Gasteiger charge is 2.10. The van der Waals surface area contributed by atoms with Crippen molar-refractivity contribution in [1.29, 1.82) is 0 Å². The number of unbranched alkanes of at least 4 members (excludes halogenated alkanes) is 1. The number of hydrazine groups is 1. The molecule has 0 saturated heterocycles. The summed E-state index contributed by atoms with van der Waals surface area (Å²) in [5.41, 5.74) is 5.93. The number of benzene rings is 2. The Balaban J connectivity index is 1.80. The molecule has 0 aliphatic rings. The first-order chi connectivity index (χ1) is 13.9. The minimum Gasteiger partial charge on any atom is -0.326 e. The normalized spacial score (nSPS) is 10.0. The van der Waals surface area contributed by atoms with E-state index in [1.165, 1.54) is 12.1 Å². The lowest BCUT2D eigenvalue weighted by Crippen LogP contribution is -2.48. The third-order valence-corrected chi connectivity index (χ3v) is 4.02. The molecule has 2 aromatic rings. The van der Waals surface area contributed by atoms with Crippen molar-refractivity contribution in [3.05, 3.63) is 65.5 Å². The van der Waals surface area contributed by atoms with Gasteiger partial charge in [0.2, 0.25) is 5.91 Å². The summed E-state index contributed by atoms with van der Waals surface area (Å²) in [7, 11) is 0. The second kappa shape index (κ2) is 10.9. The largest absolute Gasteiger partial charge is 0.326 e. The fraction of sp³-hybridized carbons (Fsp3) is 0.200. The molecule has 2 aromatic carbocycles. The summed E-state index contributed by atoms with van der Waals surface area (Å²) in [6.45, 7) is 2.01. The van der Waals surface area contributed by atoms with Gasteiger partial charge in [0.25, 0.3) is 11.8 Å². The number of nitrogens with one attached hydrogen (secondary N) is 4. The van der Waals surface area contributed by atoms with E-state index in [0.717, 1.165) is 25.0 Å². The molecule has 0 aromatic heterocycles. The first-order valence-corrected chi connectivity index (χ1v) is 9.37. The van der Waals surface area contributed by atoms with E-state index in [1.54, 1.807) is 24.3 Å². The van der Waals surface area contributed by atoms with Crippen LogP contribution in [0.4, 0.5) is 10.1 Å². The van der Waals surface area contributed by atoms with Gasteiger partial charge in [-0.05, 0) is 67.2 Å². The van der Waals surface area contributed by atoms with Crippen LogP contribution in [-0.2, 0) is 4.79 Å². The molecule has 0 radical (unpaired) electrons. The Hall–Kier alpha value is -3.33. The van der Waals surface area contributed by atoms with Crippen molar-refractivity contribution in [2.75, 3.05) is 5.32 Å². The van der Waals surface area contributed by atoms with Crippen molar-refractivity contribution in [1.82, 2.24) is 16.2 Å². The van der Waals surface area contributed by atoms with Crippen LogP contribution >= 0.6 is 12.2 Å². The number of anilines is 1. The lowest BCUT2D eigenvalue weighted by molar-refractivity contribution is -0.116. The van der Waals surface area contributed by atoms with Crippen molar-refractivity contribution in [2.24, 2.45) is 0 Å². The molecular weight excluding hydrogens is 395 g/mol. The van der Waals surface area contributed by atoms with E-state index >= 15 is 0 Å². The maximum Gasteiger partial charge on any atom is 0.269 e. The Morgan fingerprint density at radius 2 is 1.48 bits per heavy atom. The van der Waals surface area contributed by atoms with Crippen molar-refractivity contribution < 1.29 is 18.8 Å². The Morgan fingerprint density at radius 3 is 2.10 bits per heavy atom. The SMILES string of the molecule is CCCCC(=O)Nc1ccc(C(=O)NNC(=S)NC(=O)c2ccc(F)cc2)cc1. The van der Waals surface area contributed by atoms with Gasteiger partial charge in [-0.1, -0.05) is 13.3 Å². The molecule has 0 atom stereocenters. The Bertz CT molecular complexity index is 886. The van der Waals surface area contributed by atoms with Gasteiger partial charge >= 0.3 is 0 Å². The number of hydrogen-bond acceptors (Lipinski definition) is 4. The Labute approximate surface area is 173 Å². The van der Waals surface area contributed by atoms with Crippen molar-refractivity contribution in [2.45, 2.75) is 26.2 Å². The van der Waals surface area contributed by atoms with Crippen molar-refractivity contribution in [3.63, 3.8) is 0 Å². The van der Waals surface area contributed by atoms with Crippen LogP contribution in [0.1, 0.15) is 46.9 Å². The predicted octanol–water partition coefficient (Wildman–Crippen LogP) is 2.90. The first-order valence-electron chi connectivity index (χ1n) is 8.96. The molecule has 152 valence electrons. The highest BCUT2D eigenvalue weighted by Crippen LogP contribution is 2.10. The molecule has 2 rings (SSSR count). The van der Waals surface area contributed by atoms with Gasteiger partial charge in [-0.25, -0.2) is 4.39 Å². The quantitative estimate of drug-likeness (QED) is 0.429. The van der Waals surface area contributed by atoms with Crippen LogP contribution in [-0.4, -0.2) is 22.8 Å². The summed E-state index contributed by atoms with van der Waals surface area (Å²) < 4.78 is 12.9. The number of halogens is 1. The standard InChI is InChI=1S/C20H21FN4O3S/c1-2-3-4-17(26)22-16-11-7-14(8-12-16)19(28)24-25-20(29)23-18(27)13-5-9-15(21)10-6-13/h5-12H,2-4H2,1H3,(H,22,26)(H,24,28)(H2,23,25,27,29). The summed E-state index contributed by atoms with van der Waals surface area (Å²) in [6, 6.07) is 11.3. The van der Waals surface area contributed by atoms with Crippen LogP contribution in [0.25, 0.3) is 0 Å². The van der Waals surface area contributed by atoms with E-state index in [0.29, 0.717) is 17.7 Å². The maximum atomic E-state index is 12.9. The molecule has 0 heterocycles. The van der Waals surface area contributed by atoms with Gasteiger partial charge in [0.15, 0.2) is 5.11 Å². The average molecular weight is 416 g/mol. The molecule has 0 aliphatic heterocycles. The van der Waals surface area contributed by atoms with E-state index in [-0.39, 0.29) is 16.6 Å². The Kier molecular flexibility index (Phi) is 8.23. The van der Waals surface area contributed by atoms with Crippen LogP contribution in [0, 0.1) is 5.82 Å². The number of thiocarbonyl (C=S) groups is 1. The van der Waals surface area contributed by atoms with Gasteiger partial charge in [-0.3, -0.25) is 30.6 Å². The number of hydrogen-bond donors (Lipinski definition) is 4. The lowest BCUT2D eigenvalue weighted by atomic mass is 10.2. The van der Waals surface area contributed by atoms with Gasteiger partial charge in [-0.15, -0.1) is 0 Å². The summed E-state index contributed by atoms with van der Waals surface area (Å²) in [5.74, 6) is -1.55. The van der Waals surface area contributed by atoms with Crippen molar-refractivity contribution in [3.8, 4) is 0 Å². The zero-order valence-electron chi connectivity index (χ0n) is 15.8. The minimum absolute atomic E-state index is 0.0760. The summed E-state index contributed by atoms with van der Waals surface area (Å²) in [4.78, 5) is 35.8. The fourth-order valence-electron chi connectivity index (χ4n) is 2.26. The van der Waals surface area contributed by atoms with E-state index in [1.807, 2.05) is 6.92 Å².